The zero-order valence-electron chi connectivity index (χ0n) is 7.74. The average Bonchev–Trinajstić information content (AvgIpc) is 2.14. The molecule has 0 aliphatic rings. The van der Waals surface area contributed by atoms with E-state index in [1.165, 1.54) is 6.92 Å². The third-order valence-electron chi connectivity index (χ3n) is 1.45. The van der Waals surface area contributed by atoms with Crippen molar-refractivity contribution in [1.82, 2.24) is 0 Å². The van der Waals surface area contributed by atoms with Gasteiger partial charge >= 0.3 is 0 Å². The van der Waals surface area contributed by atoms with E-state index in [1.807, 2.05) is 0 Å². The molecule has 1 amide bonds. The molecule has 1 aromatic rings. The SMILES string of the molecule is CC(=O)Nc1cccc(OC[C]=O)c1. The normalized spacial score (nSPS) is 9.21. The highest BCUT2D eigenvalue weighted by molar-refractivity contribution is 5.88. The fourth-order valence-corrected chi connectivity index (χ4v) is 0.980. The number of nitrogens with one attached hydrogen (secondary N) is 1. The highest BCUT2D eigenvalue weighted by Gasteiger charge is 1.97. The summed E-state index contributed by atoms with van der Waals surface area (Å²) >= 11 is 0. The highest BCUT2D eigenvalue weighted by atomic mass is 16.5. The lowest BCUT2D eigenvalue weighted by Gasteiger charge is -2.05. The second kappa shape index (κ2) is 5.01. The topological polar surface area (TPSA) is 55.4 Å². The molecular formula is C10H10NO3. The van der Waals surface area contributed by atoms with Crippen LogP contribution in [0, 0.1) is 0 Å². The van der Waals surface area contributed by atoms with Gasteiger partial charge in [0.15, 0.2) is 6.61 Å². The molecule has 1 N–H and O–H groups in total. The third-order valence-corrected chi connectivity index (χ3v) is 1.45. The minimum Gasteiger partial charge on any atom is -0.485 e. The lowest BCUT2D eigenvalue weighted by atomic mass is 10.3. The summed E-state index contributed by atoms with van der Waals surface area (Å²) in [6.07, 6.45) is 1.62. The van der Waals surface area contributed by atoms with E-state index >= 15 is 0 Å². The number of benzene rings is 1. The summed E-state index contributed by atoms with van der Waals surface area (Å²) in [6.45, 7) is 1.32. The molecule has 4 nitrogen and oxygen atoms in total. The van der Waals surface area contributed by atoms with E-state index in [9.17, 15) is 9.59 Å². The number of carbonyl (C=O) groups excluding carboxylic acids is 2. The van der Waals surface area contributed by atoms with Crippen LogP contribution >= 0.6 is 0 Å². The van der Waals surface area contributed by atoms with E-state index in [0.29, 0.717) is 11.4 Å². The number of hydrogen-bond acceptors (Lipinski definition) is 3. The zero-order valence-corrected chi connectivity index (χ0v) is 7.74. The first kappa shape index (κ1) is 10.2. The van der Waals surface area contributed by atoms with E-state index in [1.54, 1.807) is 30.6 Å². The van der Waals surface area contributed by atoms with Crippen LogP contribution in [0.3, 0.4) is 0 Å². The van der Waals surface area contributed by atoms with Crippen LogP contribution in [0.15, 0.2) is 24.3 Å². The van der Waals surface area contributed by atoms with Crippen LogP contribution in [0.1, 0.15) is 6.92 Å². The van der Waals surface area contributed by atoms with Gasteiger partial charge in [0.25, 0.3) is 0 Å². The summed E-state index contributed by atoms with van der Waals surface area (Å²) in [4.78, 5) is 20.6. The van der Waals surface area contributed by atoms with Gasteiger partial charge < -0.3 is 10.1 Å². The van der Waals surface area contributed by atoms with Crippen molar-refractivity contribution in [2.45, 2.75) is 6.92 Å². The molecule has 0 aromatic heterocycles. The third kappa shape index (κ3) is 3.26. The number of carbonyl (C=O) groups is 1. The van der Waals surface area contributed by atoms with Crippen molar-refractivity contribution < 1.29 is 14.3 Å². The molecule has 0 saturated heterocycles. The second-order valence-electron chi connectivity index (χ2n) is 2.64. The van der Waals surface area contributed by atoms with E-state index in [2.05, 4.69) is 5.32 Å². The van der Waals surface area contributed by atoms with Crippen molar-refractivity contribution in [3.8, 4) is 5.75 Å². The molecule has 0 saturated carbocycles. The molecule has 0 atom stereocenters. The van der Waals surface area contributed by atoms with Gasteiger partial charge in [-0.2, -0.15) is 0 Å². The van der Waals surface area contributed by atoms with Crippen molar-refractivity contribution in [3.63, 3.8) is 0 Å². The van der Waals surface area contributed by atoms with Gasteiger partial charge in [-0.25, -0.2) is 0 Å². The fraction of sp³-hybridized carbons (Fsp3) is 0.200. The van der Waals surface area contributed by atoms with Gasteiger partial charge in [-0.15, -0.1) is 0 Å². The fourth-order valence-electron chi connectivity index (χ4n) is 0.980. The predicted octanol–water partition coefficient (Wildman–Crippen LogP) is 1.13. The quantitative estimate of drug-likeness (QED) is 0.778. The Labute approximate surface area is 81.9 Å². The van der Waals surface area contributed by atoms with Gasteiger partial charge in [-0.05, 0) is 12.1 Å². The van der Waals surface area contributed by atoms with Crippen molar-refractivity contribution in [2.75, 3.05) is 11.9 Å². The standard InChI is InChI=1S/C10H10NO3/c1-8(13)11-9-3-2-4-10(7-9)14-6-5-12/h2-4,7H,6H2,1H3,(H,11,13). The Hall–Kier alpha value is -1.84. The first-order valence-corrected chi connectivity index (χ1v) is 4.08. The van der Waals surface area contributed by atoms with Gasteiger partial charge in [0.2, 0.25) is 12.2 Å². The van der Waals surface area contributed by atoms with Gasteiger partial charge in [0.05, 0.1) is 0 Å². The Morgan fingerprint density at radius 3 is 3.00 bits per heavy atom. The Kier molecular flexibility index (Phi) is 3.67. The second-order valence-corrected chi connectivity index (χ2v) is 2.64. The molecule has 4 heteroatoms. The van der Waals surface area contributed by atoms with Gasteiger partial charge in [-0.3, -0.25) is 9.59 Å². The number of hydrogen-bond donors (Lipinski definition) is 1. The summed E-state index contributed by atoms with van der Waals surface area (Å²) < 4.78 is 5.00. The Morgan fingerprint density at radius 2 is 2.36 bits per heavy atom. The molecule has 0 heterocycles. The summed E-state index contributed by atoms with van der Waals surface area (Å²) in [7, 11) is 0. The summed E-state index contributed by atoms with van der Waals surface area (Å²) in [5, 5.41) is 2.60. The molecular weight excluding hydrogens is 182 g/mol. The summed E-state index contributed by atoms with van der Waals surface area (Å²) in [5.41, 5.74) is 0.640. The van der Waals surface area contributed by atoms with Crippen molar-refractivity contribution >= 4 is 17.9 Å². The van der Waals surface area contributed by atoms with Crippen molar-refractivity contribution in [1.29, 1.82) is 0 Å². The molecule has 0 aliphatic heterocycles. The lowest BCUT2D eigenvalue weighted by molar-refractivity contribution is -0.114. The molecule has 0 spiro atoms. The smallest absolute Gasteiger partial charge is 0.239 e. The molecule has 1 radical (unpaired) electrons. The molecule has 73 valence electrons. The molecule has 1 rings (SSSR count). The number of rotatable bonds is 4. The van der Waals surface area contributed by atoms with E-state index < -0.39 is 0 Å². The van der Waals surface area contributed by atoms with Crippen LogP contribution in [-0.4, -0.2) is 18.8 Å². The lowest BCUT2D eigenvalue weighted by Crippen LogP contribution is -2.06. The minimum atomic E-state index is -0.149. The maximum absolute atomic E-state index is 10.7. The number of amides is 1. The van der Waals surface area contributed by atoms with Gasteiger partial charge in [-0.1, -0.05) is 6.07 Å². The van der Waals surface area contributed by atoms with Gasteiger partial charge in [0.1, 0.15) is 5.75 Å². The molecule has 0 bridgehead atoms. The van der Waals surface area contributed by atoms with Crippen LogP contribution in [0.2, 0.25) is 0 Å². The van der Waals surface area contributed by atoms with Crippen LogP contribution in [-0.2, 0) is 9.59 Å². The Bertz CT molecular complexity index is 336. The summed E-state index contributed by atoms with van der Waals surface area (Å²) in [5.74, 6) is 0.378. The van der Waals surface area contributed by atoms with E-state index in [0.717, 1.165) is 0 Å². The molecule has 0 fully saturated rings. The first-order valence-electron chi connectivity index (χ1n) is 4.08. The largest absolute Gasteiger partial charge is 0.485 e. The number of anilines is 1. The minimum absolute atomic E-state index is 0.108. The van der Waals surface area contributed by atoms with Crippen LogP contribution in [0.5, 0.6) is 5.75 Å². The average molecular weight is 192 g/mol. The van der Waals surface area contributed by atoms with Crippen LogP contribution < -0.4 is 10.1 Å². The van der Waals surface area contributed by atoms with Crippen molar-refractivity contribution in [3.05, 3.63) is 24.3 Å². The van der Waals surface area contributed by atoms with Gasteiger partial charge in [0, 0.05) is 18.7 Å². The zero-order chi connectivity index (χ0) is 10.4. The maximum atomic E-state index is 10.7. The van der Waals surface area contributed by atoms with Crippen LogP contribution in [0.25, 0.3) is 0 Å². The Balaban J connectivity index is 2.68. The molecule has 0 unspecified atom stereocenters. The van der Waals surface area contributed by atoms with E-state index in [4.69, 9.17) is 4.74 Å². The molecule has 0 aliphatic carbocycles. The van der Waals surface area contributed by atoms with Crippen LogP contribution in [0.4, 0.5) is 5.69 Å². The van der Waals surface area contributed by atoms with E-state index in [-0.39, 0.29) is 12.5 Å². The van der Waals surface area contributed by atoms with Crippen molar-refractivity contribution in [2.24, 2.45) is 0 Å². The highest BCUT2D eigenvalue weighted by Crippen LogP contribution is 2.16. The molecule has 1 aromatic carbocycles. The molecule has 14 heavy (non-hydrogen) atoms. The maximum Gasteiger partial charge on any atom is 0.239 e. The predicted molar refractivity (Wildman–Crippen MR) is 51.9 cm³/mol. The first-order chi connectivity index (χ1) is 6.72. The summed E-state index contributed by atoms with van der Waals surface area (Å²) in [6, 6.07) is 6.80. The monoisotopic (exact) mass is 192 g/mol. The number of ether oxygens (including phenoxy) is 1. The Morgan fingerprint density at radius 1 is 1.57 bits per heavy atom.